The number of ether oxygens (including phenoxy) is 3. The van der Waals surface area contributed by atoms with Crippen LogP contribution in [-0.4, -0.2) is 54.5 Å². The molecule has 1 unspecified atom stereocenters. The Morgan fingerprint density at radius 1 is 1.03 bits per heavy atom. The Morgan fingerprint density at radius 3 is 2.46 bits per heavy atom. The second-order valence-corrected chi connectivity index (χ2v) is 10.1. The third-order valence-corrected chi connectivity index (χ3v) is 7.27. The van der Waals surface area contributed by atoms with Gasteiger partial charge in [-0.1, -0.05) is 43.0 Å². The highest BCUT2D eigenvalue weighted by Crippen LogP contribution is 2.31. The van der Waals surface area contributed by atoms with Crippen molar-refractivity contribution in [2.45, 2.75) is 31.4 Å². The highest BCUT2D eigenvalue weighted by molar-refractivity contribution is 8.15. The number of amides is 2. The summed E-state index contributed by atoms with van der Waals surface area (Å²) in [6.45, 7) is 3.10. The molecule has 2 amide bonds. The van der Waals surface area contributed by atoms with E-state index in [1.807, 2.05) is 67.6 Å². The Labute approximate surface area is 233 Å². The van der Waals surface area contributed by atoms with Crippen LogP contribution in [0.3, 0.4) is 0 Å². The van der Waals surface area contributed by atoms with Gasteiger partial charge in [-0.2, -0.15) is 0 Å². The summed E-state index contributed by atoms with van der Waals surface area (Å²) in [6.07, 6.45) is 1.58. The zero-order chi connectivity index (χ0) is 27.6. The van der Waals surface area contributed by atoms with Crippen molar-refractivity contribution in [3.63, 3.8) is 0 Å². The second kappa shape index (κ2) is 13.7. The molecular weight excluding hydrogens is 514 g/mol. The first-order valence-corrected chi connectivity index (χ1v) is 13.7. The molecule has 1 aliphatic heterocycles. The number of carbonyl (C=O) groups excluding carboxylic acids is 2. The molecule has 0 radical (unpaired) electrons. The lowest BCUT2D eigenvalue weighted by Crippen LogP contribution is -2.46. The van der Waals surface area contributed by atoms with E-state index in [9.17, 15) is 9.59 Å². The van der Waals surface area contributed by atoms with Gasteiger partial charge >= 0.3 is 0 Å². The van der Waals surface area contributed by atoms with Crippen molar-refractivity contribution in [1.82, 2.24) is 4.90 Å². The van der Waals surface area contributed by atoms with E-state index in [4.69, 9.17) is 19.2 Å². The lowest BCUT2D eigenvalue weighted by Gasteiger charge is -2.32. The molecule has 1 heterocycles. The molecule has 0 saturated carbocycles. The molecule has 0 aliphatic carbocycles. The summed E-state index contributed by atoms with van der Waals surface area (Å²) in [7, 11) is 3.19. The molecule has 204 valence electrons. The fourth-order valence-electron chi connectivity index (χ4n) is 4.03. The number of benzene rings is 3. The van der Waals surface area contributed by atoms with Crippen LogP contribution in [-0.2, 0) is 16.0 Å². The molecule has 1 N–H and O–H groups in total. The number of methoxy groups -OCH3 is 2. The summed E-state index contributed by atoms with van der Waals surface area (Å²) >= 11 is 1.30. The lowest BCUT2D eigenvalue weighted by atomic mass is 10.1. The van der Waals surface area contributed by atoms with Gasteiger partial charge in [-0.25, -0.2) is 4.99 Å². The van der Waals surface area contributed by atoms with Crippen molar-refractivity contribution < 1.29 is 23.8 Å². The van der Waals surface area contributed by atoms with Crippen molar-refractivity contribution in [2.24, 2.45) is 4.99 Å². The summed E-state index contributed by atoms with van der Waals surface area (Å²) in [5, 5.41) is 2.83. The standard InChI is InChI=1S/C30H33N3O5S/c1-4-18-38-24-13-11-23(12-14-24)31-29(35)27-20-28(34)33(30(39-27)32-22-8-6-5-7-9-22)17-16-21-10-15-25(36-2)26(19-21)37-3/h5-15,19,27H,4,16-18,20H2,1-3H3,(H,31,35). The molecule has 1 aliphatic rings. The molecule has 0 bridgehead atoms. The van der Waals surface area contributed by atoms with Gasteiger partial charge in [0.15, 0.2) is 16.7 Å². The van der Waals surface area contributed by atoms with Gasteiger partial charge in [0.05, 0.1) is 26.5 Å². The van der Waals surface area contributed by atoms with E-state index in [0.29, 0.717) is 47.6 Å². The molecule has 0 spiro atoms. The minimum absolute atomic E-state index is 0.0773. The van der Waals surface area contributed by atoms with Gasteiger partial charge in [0, 0.05) is 18.7 Å². The Bertz CT molecular complexity index is 1300. The average Bonchev–Trinajstić information content (AvgIpc) is 2.96. The van der Waals surface area contributed by atoms with Crippen LogP contribution in [0.2, 0.25) is 0 Å². The Hall–Kier alpha value is -3.98. The van der Waals surface area contributed by atoms with Crippen molar-refractivity contribution in [1.29, 1.82) is 0 Å². The van der Waals surface area contributed by atoms with Gasteiger partial charge in [-0.05, 0) is 66.9 Å². The van der Waals surface area contributed by atoms with Gasteiger partial charge in [0.2, 0.25) is 11.8 Å². The molecule has 3 aromatic rings. The molecule has 3 aromatic carbocycles. The highest BCUT2D eigenvalue weighted by Gasteiger charge is 2.35. The molecule has 39 heavy (non-hydrogen) atoms. The lowest BCUT2D eigenvalue weighted by molar-refractivity contribution is -0.129. The summed E-state index contributed by atoms with van der Waals surface area (Å²) in [5.74, 6) is 1.64. The number of thioether (sulfide) groups is 1. The largest absolute Gasteiger partial charge is 0.494 e. The first kappa shape index (κ1) is 28.0. The Kier molecular flexibility index (Phi) is 9.85. The number of hydrogen-bond acceptors (Lipinski definition) is 7. The van der Waals surface area contributed by atoms with Crippen LogP contribution >= 0.6 is 11.8 Å². The zero-order valence-electron chi connectivity index (χ0n) is 22.4. The number of anilines is 1. The van der Waals surface area contributed by atoms with Crippen molar-refractivity contribution in [2.75, 3.05) is 32.7 Å². The number of hydrogen-bond donors (Lipinski definition) is 1. The molecule has 1 fully saturated rings. The van der Waals surface area contributed by atoms with E-state index in [1.165, 1.54) is 11.8 Å². The molecule has 0 aromatic heterocycles. The predicted molar refractivity (Wildman–Crippen MR) is 155 cm³/mol. The van der Waals surface area contributed by atoms with E-state index in [0.717, 1.165) is 17.7 Å². The van der Waals surface area contributed by atoms with Crippen LogP contribution in [0.25, 0.3) is 0 Å². The SMILES string of the molecule is CCCOc1ccc(NC(=O)C2CC(=O)N(CCc3ccc(OC)c(OC)c3)C(=Nc3ccccc3)S2)cc1. The van der Waals surface area contributed by atoms with E-state index in [1.54, 1.807) is 31.3 Å². The van der Waals surface area contributed by atoms with Crippen LogP contribution < -0.4 is 19.5 Å². The maximum atomic E-state index is 13.3. The van der Waals surface area contributed by atoms with Crippen molar-refractivity contribution >= 4 is 40.1 Å². The maximum absolute atomic E-state index is 13.3. The van der Waals surface area contributed by atoms with Gasteiger partial charge < -0.3 is 19.5 Å². The quantitative estimate of drug-likeness (QED) is 0.332. The summed E-state index contributed by atoms with van der Waals surface area (Å²) in [6, 6.07) is 22.4. The fourth-order valence-corrected chi connectivity index (χ4v) is 5.15. The monoisotopic (exact) mass is 547 g/mol. The van der Waals surface area contributed by atoms with E-state index < -0.39 is 5.25 Å². The van der Waals surface area contributed by atoms with Crippen LogP contribution in [0.5, 0.6) is 17.2 Å². The highest BCUT2D eigenvalue weighted by atomic mass is 32.2. The zero-order valence-corrected chi connectivity index (χ0v) is 23.2. The fraction of sp³-hybridized carbons (Fsp3) is 0.300. The van der Waals surface area contributed by atoms with Crippen LogP contribution in [0.1, 0.15) is 25.3 Å². The number of carbonyl (C=O) groups is 2. The summed E-state index contributed by atoms with van der Waals surface area (Å²) in [4.78, 5) is 32.9. The molecule has 8 nitrogen and oxygen atoms in total. The number of nitrogens with zero attached hydrogens (tertiary/aromatic N) is 2. The van der Waals surface area contributed by atoms with Crippen molar-refractivity contribution in [3.8, 4) is 17.2 Å². The number of amidine groups is 1. The van der Waals surface area contributed by atoms with E-state index >= 15 is 0 Å². The van der Waals surface area contributed by atoms with E-state index in [-0.39, 0.29) is 18.2 Å². The smallest absolute Gasteiger partial charge is 0.238 e. The minimum Gasteiger partial charge on any atom is -0.494 e. The van der Waals surface area contributed by atoms with Crippen LogP contribution in [0.4, 0.5) is 11.4 Å². The predicted octanol–water partition coefficient (Wildman–Crippen LogP) is 5.70. The van der Waals surface area contributed by atoms with Crippen molar-refractivity contribution in [3.05, 3.63) is 78.4 Å². The van der Waals surface area contributed by atoms with Gasteiger partial charge in [0.25, 0.3) is 0 Å². The van der Waals surface area contributed by atoms with E-state index in [2.05, 4.69) is 5.32 Å². The number of nitrogens with one attached hydrogen (secondary N) is 1. The Morgan fingerprint density at radius 2 is 1.77 bits per heavy atom. The first-order valence-electron chi connectivity index (χ1n) is 12.9. The average molecular weight is 548 g/mol. The summed E-state index contributed by atoms with van der Waals surface area (Å²) < 4.78 is 16.4. The summed E-state index contributed by atoms with van der Waals surface area (Å²) in [5.41, 5.74) is 2.36. The van der Waals surface area contributed by atoms with Crippen LogP contribution in [0, 0.1) is 0 Å². The number of aliphatic imine (C=N–C) groups is 1. The van der Waals surface area contributed by atoms with Crippen LogP contribution in [0.15, 0.2) is 77.8 Å². The first-order chi connectivity index (χ1) is 19.0. The molecule has 1 atom stereocenters. The van der Waals surface area contributed by atoms with Gasteiger partial charge in [0.1, 0.15) is 11.0 Å². The molecular formula is C30H33N3O5S. The van der Waals surface area contributed by atoms with Gasteiger partial charge in [-0.15, -0.1) is 0 Å². The number of rotatable bonds is 11. The number of para-hydroxylation sites is 1. The molecule has 4 rings (SSSR count). The molecule has 9 heteroatoms. The topological polar surface area (TPSA) is 89.5 Å². The second-order valence-electron chi connectivity index (χ2n) is 8.89. The maximum Gasteiger partial charge on any atom is 0.238 e. The Balaban J connectivity index is 1.49. The third kappa shape index (κ3) is 7.54. The third-order valence-electron chi connectivity index (χ3n) is 6.08. The molecule has 1 saturated heterocycles. The normalized spacial score (nSPS) is 16.2. The minimum atomic E-state index is -0.603. The van der Waals surface area contributed by atoms with Gasteiger partial charge in [-0.3, -0.25) is 14.5 Å².